The number of nitrogens with one attached hydrogen (secondary N) is 1. The number of aromatic nitrogens is 6. The number of halogens is 1. The highest BCUT2D eigenvalue weighted by Gasteiger charge is 2.18. The first-order chi connectivity index (χ1) is 14.7. The van der Waals surface area contributed by atoms with Crippen LogP contribution >= 0.6 is 0 Å². The molecule has 3 aromatic heterocycles. The Morgan fingerprint density at radius 1 is 1.13 bits per heavy atom. The molecule has 10 heteroatoms. The van der Waals surface area contributed by atoms with E-state index in [1.807, 2.05) is 30.3 Å². The number of hydrogen-bond donors (Lipinski definition) is 1. The van der Waals surface area contributed by atoms with Crippen molar-refractivity contribution in [3.8, 4) is 0 Å². The largest absolute Gasteiger partial charge is 0.378 e. The minimum Gasteiger partial charge on any atom is -0.378 e. The molecule has 0 spiro atoms. The molecule has 5 rings (SSSR count). The maximum atomic E-state index is 15.2. The minimum atomic E-state index is -0.231. The lowest BCUT2D eigenvalue weighted by Gasteiger charge is -2.29. The van der Waals surface area contributed by atoms with Crippen LogP contribution in [-0.2, 0) is 18.3 Å². The van der Waals surface area contributed by atoms with E-state index in [9.17, 15) is 0 Å². The number of aryl methyl sites for hydroxylation is 1. The third-order valence-corrected chi connectivity index (χ3v) is 5.07. The minimum absolute atomic E-state index is 0.231. The Balaban J connectivity index is 1.43. The molecule has 4 heterocycles. The van der Waals surface area contributed by atoms with Gasteiger partial charge in [-0.2, -0.15) is 15.2 Å². The van der Waals surface area contributed by atoms with Gasteiger partial charge in [-0.05, 0) is 6.07 Å². The fourth-order valence-electron chi connectivity index (χ4n) is 3.56. The molecule has 0 amide bonds. The van der Waals surface area contributed by atoms with Crippen LogP contribution < -0.4 is 10.2 Å². The Hall–Kier alpha value is -3.53. The molecule has 1 aliphatic heterocycles. The first kappa shape index (κ1) is 18.5. The molecule has 1 fully saturated rings. The zero-order valence-corrected chi connectivity index (χ0v) is 16.5. The maximum absolute atomic E-state index is 15.2. The van der Waals surface area contributed by atoms with Crippen molar-refractivity contribution in [2.75, 3.05) is 36.5 Å². The van der Waals surface area contributed by atoms with Gasteiger partial charge in [0.2, 0.25) is 5.95 Å². The lowest BCUT2D eigenvalue weighted by Crippen LogP contribution is -2.36. The quantitative estimate of drug-likeness (QED) is 0.542. The van der Waals surface area contributed by atoms with E-state index < -0.39 is 0 Å². The summed E-state index contributed by atoms with van der Waals surface area (Å²) < 4.78 is 24.0. The highest BCUT2D eigenvalue weighted by molar-refractivity contribution is 5.75. The second-order valence-electron chi connectivity index (χ2n) is 7.15. The van der Waals surface area contributed by atoms with Crippen molar-refractivity contribution < 1.29 is 9.13 Å². The number of nitrogens with zero attached hydrogens (tertiary/aromatic N) is 7. The fourth-order valence-corrected chi connectivity index (χ4v) is 3.56. The van der Waals surface area contributed by atoms with Gasteiger partial charge in [0, 0.05) is 38.1 Å². The van der Waals surface area contributed by atoms with Gasteiger partial charge in [-0.25, -0.2) is 14.1 Å². The summed E-state index contributed by atoms with van der Waals surface area (Å²) in [7, 11) is 1.84. The molecule has 9 nitrogen and oxygen atoms in total. The fraction of sp³-hybridized carbons (Fsp3) is 0.300. The summed E-state index contributed by atoms with van der Waals surface area (Å²) in [6.45, 7) is 2.86. The summed E-state index contributed by atoms with van der Waals surface area (Å²) in [5.41, 5.74) is 2.57. The van der Waals surface area contributed by atoms with Gasteiger partial charge in [0.25, 0.3) is 0 Å². The number of rotatable bonds is 5. The van der Waals surface area contributed by atoms with Crippen LogP contribution in [0.3, 0.4) is 0 Å². The maximum Gasteiger partial charge on any atom is 0.229 e. The lowest BCUT2D eigenvalue weighted by atomic mass is 10.1. The van der Waals surface area contributed by atoms with Crippen LogP contribution in [0.4, 0.5) is 21.7 Å². The summed E-state index contributed by atoms with van der Waals surface area (Å²) in [6, 6.07) is 5.46. The normalized spacial score (nSPS) is 14.4. The molecule has 4 aromatic rings. The highest BCUT2D eigenvalue weighted by atomic mass is 19.1. The Morgan fingerprint density at radius 3 is 2.80 bits per heavy atom. The molecule has 1 aliphatic rings. The van der Waals surface area contributed by atoms with Crippen LogP contribution in [0, 0.1) is 5.82 Å². The molecule has 0 bridgehead atoms. The topological polar surface area (TPSA) is 85.9 Å². The monoisotopic (exact) mass is 408 g/mol. The van der Waals surface area contributed by atoms with Crippen molar-refractivity contribution in [1.29, 1.82) is 0 Å². The molecular weight excluding hydrogens is 387 g/mol. The van der Waals surface area contributed by atoms with Crippen molar-refractivity contribution >= 4 is 28.4 Å². The molecule has 0 aliphatic carbocycles. The van der Waals surface area contributed by atoms with E-state index in [2.05, 4.69) is 25.5 Å². The third kappa shape index (κ3) is 3.57. The average Bonchev–Trinajstić information content (AvgIpc) is 3.36. The van der Waals surface area contributed by atoms with Crippen molar-refractivity contribution in [3.63, 3.8) is 0 Å². The molecule has 30 heavy (non-hydrogen) atoms. The number of morpholine rings is 1. The number of anilines is 3. The first-order valence-corrected chi connectivity index (χ1v) is 9.72. The van der Waals surface area contributed by atoms with E-state index in [0.717, 1.165) is 11.1 Å². The molecule has 0 atom stereocenters. The summed E-state index contributed by atoms with van der Waals surface area (Å²) in [5.74, 6) is 0.200. The summed E-state index contributed by atoms with van der Waals surface area (Å²) in [4.78, 5) is 10.9. The Labute approximate surface area is 172 Å². The molecule has 0 unspecified atom stereocenters. The summed E-state index contributed by atoms with van der Waals surface area (Å²) in [5, 5.41) is 12.4. The summed E-state index contributed by atoms with van der Waals surface area (Å²) in [6.07, 6.45) is 6.91. The first-order valence-electron chi connectivity index (χ1n) is 9.72. The lowest BCUT2D eigenvalue weighted by molar-refractivity contribution is 0.122. The molecule has 1 saturated heterocycles. The van der Waals surface area contributed by atoms with Crippen LogP contribution in [-0.4, -0.2) is 55.8 Å². The molecule has 1 N–H and O–H groups in total. The molecular formula is C20H21FN8O. The van der Waals surface area contributed by atoms with Crippen LogP contribution in [0.15, 0.2) is 43.0 Å². The highest BCUT2D eigenvalue weighted by Crippen LogP contribution is 2.25. The van der Waals surface area contributed by atoms with E-state index in [1.54, 1.807) is 34.0 Å². The van der Waals surface area contributed by atoms with Crippen LogP contribution in [0.5, 0.6) is 0 Å². The van der Waals surface area contributed by atoms with Crippen molar-refractivity contribution in [2.24, 2.45) is 7.05 Å². The van der Waals surface area contributed by atoms with Gasteiger partial charge in [0.15, 0.2) is 11.5 Å². The Morgan fingerprint density at radius 2 is 2.00 bits per heavy atom. The molecule has 0 radical (unpaired) electrons. The predicted octanol–water partition coefficient (Wildman–Crippen LogP) is 2.33. The van der Waals surface area contributed by atoms with Crippen molar-refractivity contribution in [3.05, 3.63) is 54.4 Å². The SMILES string of the molecule is Cn1cc(Nc2ncc3cnn(Cc4cccc(N5CCOCC5)c4F)c3n2)cn1. The van der Waals surface area contributed by atoms with Crippen molar-refractivity contribution in [2.45, 2.75) is 6.54 Å². The smallest absolute Gasteiger partial charge is 0.229 e. The Bertz CT molecular complexity index is 1180. The van der Waals surface area contributed by atoms with E-state index in [-0.39, 0.29) is 12.4 Å². The number of fused-ring (bicyclic) bond motifs is 1. The molecule has 1 aromatic carbocycles. The van der Waals surface area contributed by atoms with Crippen molar-refractivity contribution in [1.82, 2.24) is 29.5 Å². The third-order valence-electron chi connectivity index (χ3n) is 5.07. The Kier molecular flexibility index (Phi) is 4.75. The van der Waals surface area contributed by atoms with Gasteiger partial charge in [0.05, 0.1) is 48.9 Å². The molecule has 0 saturated carbocycles. The second kappa shape index (κ2) is 7.71. The average molecular weight is 408 g/mol. The van der Waals surface area contributed by atoms with Gasteiger partial charge < -0.3 is 15.0 Å². The number of ether oxygens (including phenoxy) is 1. The van der Waals surface area contributed by atoms with Crippen LogP contribution in [0.1, 0.15) is 5.56 Å². The van der Waals surface area contributed by atoms with Gasteiger partial charge >= 0.3 is 0 Å². The predicted molar refractivity (Wildman–Crippen MR) is 110 cm³/mol. The van der Waals surface area contributed by atoms with Gasteiger partial charge in [-0.1, -0.05) is 12.1 Å². The number of hydrogen-bond acceptors (Lipinski definition) is 7. The molecule has 154 valence electrons. The van der Waals surface area contributed by atoms with E-state index in [1.165, 1.54) is 0 Å². The number of benzene rings is 1. The zero-order valence-electron chi connectivity index (χ0n) is 16.5. The van der Waals surface area contributed by atoms with E-state index in [0.29, 0.717) is 49.1 Å². The van der Waals surface area contributed by atoms with Gasteiger partial charge in [0.1, 0.15) is 0 Å². The van der Waals surface area contributed by atoms with Gasteiger partial charge in [-0.15, -0.1) is 0 Å². The van der Waals surface area contributed by atoms with Crippen LogP contribution in [0.25, 0.3) is 11.0 Å². The van der Waals surface area contributed by atoms with E-state index in [4.69, 9.17) is 4.74 Å². The standard InChI is InChI=1S/C20H21FN8O/c1-27-13-16(11-23-27)25-20-22-9-15-10-24-29(19(15)26-20)12-14-3-2-4-17(18(14)21)28-5-7-30-8-6-28/h2-4,9-11,13H,5-8,12H2,1H3,(H,22,25,26). The van der Waals surface area contributed by atoms with Crippen LogP contribution in [0.2, 0.25) is 0 Å². The zero-order chi connectivity index (χ0) is 20.5. The van der Waals surface area contributed by atoms with Gasteiger partial charge in [-0.3, -0.25) is 4.68 Å². The van der Waals surface area contributed by atoms with E-state index >= 15 is 4.39 Å². The second-order valence-corrected chi connectivity index (χ2v) is 7.15. The summed E-state index contributed by atoms with van der Waals surface area (Å²) >= 11 is 0.